The Labute approximate surface area is 180 Å². The van der Waals surface area contributed by atoms with E-state index in [-0.39, 0.29) is 0 Å². The van der Waals surface area contributed by atoms with Crippen molar-refractivity contribution in [2.75, 3.05) is 0 Å². The zero-order valence-corrected chi connectivity index (χ0v) is 18.1. The van der Waals surface area contributed by atoms with Crippen LogP contribution in [0.15, 0.2) is 79.0 Å². The highest BCUT2D eigenvalue weighted by atomic mass is 14.9. The Bertz CT molecular complexity index is 1180. The van der Waals surface area contributed by atoms with Gasteiger partial charge in [-0.15, -0.1) is 0 Å². The smallest absolute Gasteiger partial charge is 0.200 e. The lowest BCUT2D eigenvalue weighted by molar-refractivity contribution is -0.659. The van der Waals surface area contributed by atoms with E-state index in [9.17, 15) is 0 Å². The van der Waals surface area contributed by atoms with Crippen molar-refractivity contribution in [3.8, 4) is 22.4 Å². The van der Waals surface area contributed by atoms with Gasteiger partial charge in [-0.05, 0) is 65.5 Å². The number of pyridine rings is 1. The monoisotopic (exact) mass is 392 g/mol. The number of hydrogen-bond donors (Lipinski definition) is 0. The molecule has 0 aliphatic heterocycles. The minimum Gasteiger partial charge on any atom is -0.200 e. The third-order valence-electron chi connectivity index (χ3n) is 6.84. The van der Waals surface area contributed by atoms with Crippen molar-refractivity contribution in [2.24, 2.45) is 7.05 Å². The average Bonchev–Trinajstić information content (AvgIpc) is 2.80. The van der Waals surface area contributed by atoms with Crippen molar-refractivity contribution >= 4 is 10.8 Å². The summed E-state index contributed by atoms with van der Waals surface area (Å²) < 4.78 is 2.28. The van der Waals surface area contributed by atoms with Gasteiger partial charge in [0.05, 0.1) is 10.9 Å². The van der Waals surface area contributed by atoms with Crippen LogP contribution in [-0.4, -0.2) is 0 Å². The summed E-state index contributed by atoms with van der Waals surface area (Å²) in [5, 5.41) is 2.70. The maximum absolute atomic E-state index is 2.45. The Morgan fingerprint density at radius 1 is 0.767 bits per heavy atom. The fourth-order valence-electron chi connectivity index (χ4n) is 5.10. The molecule has 0 amide bonds. The van der Waals surface area contributed by atoms with Gasteiger partial charge in [0.25, 0.3) is 0 Å². The van der Waals surface area contributed by atoms with Gasteiger partial charge >= 0.3 is 0 Å². The molecule has 30 heavy (non-hydrogen) atoms. The molecule has 1 heterocycles. The number of fused-ring (bicyclic) bond motifs is 1. The van der Waals surface area contributed by atoms with Gasteiger partial charge in [-0.2, -0.15) is 0 Å². The summed E-state index contributed by atoms with van der Waals surface area (Å²) in [5.74, 6) is 0.740. The van der Waals surface area contributed by atoms with Gasteiger partial charge in [0.2, 0.25) is 5.69 Å². The quantitative estimate of drug-likeness (QED) is 0.321. The summed E-state index contributed by atoms with van der Waals surface area (Å²) in [6.07, 6.45) is 9.07. The summed E-state index contributed by atoms with van der Waals surface area (Å²) in [4.78, 5) is 0. The topological polar surface area (TPSA) is 3.88 Å². The van der Waals surface area contributed by atoms with Crippen LogP contribution in [0.25, 0.3) is 33.2 Å². The third-order valence-corrected chi connectivity index (χ3v) is 6.84. The average molecular weight is 393 g/mol. The lowest BCUT2D eigenvalue weighted by Gasteiger charge is -2.22. The van der Waals surface area contributed by atoms with Crippen molar-refractivity contribution in [2.45, 2.75) is 44.9 Å². The molecule has 1 aliphatic carbocycles. The van der Waals surface area contributed by atoms with E-state index in [1.807, 2.05) is 0 Å². The highest BCUT2D eigenvalue weighted by molar-refractivity contribution is 5.94. The molecule has 5 rings (SSSR count). The summed E-state index contributed by atoms with van der Waals surface area (Å²) in [5.41, 5.74) is 7.99. The van der Waals surface area contributed by atoms with Gasteiger partial charge in [0.15, 0.2) is 6.20 Å². The molecule has 0 unspecified atom stereocenters. The van der Waals surface area contributed by atoms with Gasteiger partial charge < -0.3 is 0 Å². The third kappa shape index (κ3) is 3.54. The lowest BCUT2D eigenvalue weighted by Crippen LogP contribution is -2.30. The normalized spacial score (nSPS) is 14.9. The van der Waals surface area contributed by atoms with E-state index in [1.54, 1.807) is 0 Å². The molecule has 0 saturated heterocycles. The van der Waals surface area contributed by atoms with Crippen molar-refractivity contribution in [1.29, 1.82) is 0 Å². The van der Waals surface area contributed by atoms with E-state index < -0.39 is 0 Å². The molecule has 0 atom stereocenters. The van der Waals surface area contributed by atoms with E-state index >= 15 is 0 Å². The van der Waals surface area contributed by atoms with Crippen molar-refractivity contribution in [3.63, 3.8) is 0 Å². The standard InChI is InChI=1S/C29H30N/c1-21-13-14-25(23-11-7-4-8-12-23)20-28(21)29-27-16-15-24(22-9-5-3-6-10-22)19-26(27)17-18-30(29)2/h4,7-8,11-20,22H,3,5-6,9-10H2,1-2H3/q+1. The summed E-state index contributed by atoms with van der Waals surface area (Å²) in [6.45, 7) is 2.22. The summed E-state index contributed by atoms with van der Waals surface area (Å²) >= 11 is 0. The molecule has 0 radical (unpaired) electrons. The molecule has 0 N–H and O–H groups in total. The van der Waals surface area contributed by atoms with Crippen LogP contribution in [0.5, 0.6) is 0 Å². The molecule has 150 valence electrons. The molecule has 1 heteroatoms. The number of nitrogens with zero attached hydrogens (tertiary/aromatic N) is 1. The minimum atomic E-state index is 0.740. The van der Waals surface area contributed by atoms with Crippen LogP contribution in [0.2, 0.25) is 0 Å². The van der Waals surface area contributed by atoms with Gasteiger partial charge in [0, 0.05) is 6.07 Å². The lowest BCUT2D eigenvalue weighted by atomic mass is 9.83. The molecule has 0 bridgehead atoms. The number of aryl methyl sites for hydroxylation is 2. The number of aromatic nitrogens is 1. The summed E-state index contributed by atoms with van der Waals surface area (Å²) in [6, 6.07) is 27.0. The van der Waals surface area contributed by atoms with Crippen LogP contribution in [0.3, 0.4) is 0 Å². The second kappa shape index (κ2) is 8.07. The fraction of sp³-hybridized carbons (Fsp3) is 0.276. The first-order chi connectivity index (χ1) is 14.7. The number of hydrogen-bond acceptors (Lipinski definition) is 0. The Kier molecular flexibility index (Phi) is 5.12. The van der Waals surface area contributed by atoms with Gasteiger partial charge in [0.1, 0.15) is 7.05 Å². The molecular weight excluding hydrogens is 362 g/mol. The molecule has 4 aromatic rings. The zero-order chi connectivity index (χ0) is 20.5. The Hall–Kier alpha value is -2.93. The van der Waals surface area contributed by atoms with Crippen molar-refractivity contribution < 1.29 is 4.57 Å². The molecule has 1 aliphatic rings. The predicted molar refractivity (Wildman–Crippen MR) is 127 cm³/mol. The Balaban J connectivity index is 1.64. The molecule has 1 saturated carbocycles. The van der Waals surface area contributed by atoms with E-state index in [4.69, 9.17) is 0 Å². The van der Waals surface area contributed by atoms with Crippen LogP contribution in [-0.2, 0) is 7.05 Å². The largest absolute Gasteiger partial charge is 0.220 e. The van der Waals surface area contributed by atoms with Gasteiger partial charge in [-0.3, -0.25) is 0 Å². The first-order valence-corrected chi connectivity index (χ1v) is 11.3. The highest BCUT2D eigenvalue weighted by Gasteiger charge is 2.20. The van der Waals surface area contributed by atoms with Crippen LogP contribution < -0.4 is 4.57 Å². The maximum Gasteiger partial charge on any atom is 0.220 e. The van der Waals surface area contributed by atoms with Crippen LogP contribution in [0, 0.1) is 6.92 Å². The van der Waals surface area contributed by atoms with Crippen molar-refractivity contribution in [1.82, 2.24) is 0 Å². The molecular formula is C29H30N+. The number of rotatable bonds is 3. The fourth-order valence-corrected chi connectivity index (χ4v) is 5.10. The van der Waals surface area contributed by atoms with Crippen LogP contribution >= 0.6 is 0 Å². The van der Waals surface area contributed by atoms with E-state index in [2.05, 4.69) is 97.5 Å². The van der Waals surface area contributed by atoms with Crippen LogP contribution in [0.1, 0.15) is 49.1 Å². The van der Waals surface area contributed by atoms with E-state index in [0.29, 0.717) is 0 Å². The molecule has 1 nitrogen and oxygen atoms in total. The zero-order valence-electron chi connectivity index (χ0n) is 18.1. The van der Waals surface area contributed by atoms with Crippen LogP contribution in [0.4, 0.5) is 0 Å². The Morgan fingerprint density at radius 2 is 1.57 bits per heavy atom. The second-order valence-electron chi connectivity index (χ2n) is 8.85. The molecule has 1 aromatic heterocycles. The highest BCUT2D eigenvalue weighted by Crippen LogP contribution is 2.36. The minimum absolute atomic E-state index is 0.740. The molecule has 0 spiro atoms. The van der Waals surface area contributed by atoms with E-state index in [1.165, 1.54) is 76.4 Å². The number of benzene rings is 3. The SMILES string of the molecule is Cc1ccc(-c2ccccc2)cc1-c1c2ccc(C3CCCCC3)cc2cc[n+]1C. The first-order valence-electron chi connectivity index (χ1n) is 11.3. The first kappa shape index (κ1) is 19.1. The second-order valence-corrected chi connectivity index (χ2v) is 8.85. The molecule has 1 fully saturated rings. The van der Waals surface area contributed by atoms with Gasteiger partial charge in [-0.1, -0.05) is 73.9 Å². The Morgan fingerprint density at radius 3 is 2.37 bits per heavy atom. The maximum atomic E-state index is 2.45. The van der Waals surface area contributed by atoms with Gasteiger partial charge in [-0.25, -0.2) is 4.57 Å². The predicted octanol–water partition coefficient (Wildman–Crippen LogP) is 7.35. The summed E-state index contributed by atoms with van der Waals surface area (Å²) in [7, 11) is 2.17. The molecule has 3 aromatic carbocycles. The van der Waals surface area contributed by atoms with Crippen molar-refractivity contribution in [3.05, 3.63) is 90.1 Å². The van der Waals surface area contributed by atoms with E-state index in [0.717, 1.165) is 5.92 Å².